The van der Waals surface area contributed by atoms with Crippen LogP contribution >= 0.6 is 11.6 Å². The summed E-state index contributed by atoms with van der Waals surface area (Å²) in [7, 11) is 2.88. The molecule has 2 rings (SSSR count). The van der Waals surface area contributed by atoms with Gasteiger partial charge in [0.1, 0.15) is 6.04 Å². The van der Waals surface area contributed by atoms with E-state index in [2.05, 4.69) is 16.2 Å². The van der Waals surface area contributed by atoms with Crippen LogP contribution in [0, 0.1) is 0 Å². The zero-order chi connectivity index (χ0) is 23.7. The van der Waals surface area contributed by atoms with Crippen LogP contribution in [-0.2, 0) is 14.3 Å². The summed E-state index contributed by atoms with van der Waals surface area (Å²) < 4.78 is 15.1. The number of ether oxygens (including phenoxy) is 3. The Hall–Kier alpha value is -3.79. The van der Waals surface area contributed by atoms with Gasteiger partial charge in [-0.15, -0.1) is 0 Å². The second kappa shape index (κ2) is 11.6. The van der Waals surface area contributed by atoms with E-state index >= 15 is 0 Å². The van der Waals surface area contributed by atoms with Crippen LogP contribution in [0.4, 0.5) is 0 Å². The van der Waals surface area contributed by atoms with Crippen molar-refractivity contribution >= 4 is 35.3 Å². The van der Waals surface area contributed by atoms with Crippen molar-refractivity contribution in [1.82, 2.24) is 16.2 Å². The molecule has 0 aliphatic rings. The summed E-state index contributed by atoms with van der Waals surface area (Å²) in [6.45, 7) is 0.727. The van der Waals surface area contributed by atoms with Crippen LogP contribution < -0.4 is 25.6 Å². The van der Waals surface area contributed by atoms with Crippen LogP contribution in [0.3, 0.4) is 0 Å². The number of amides is 3. The summed E-state index contributed by atoms with van der Waals surface area (Å²) in [6.07, 6.45) is 0. The summed E-state index contributed by atoms with van der Waals surface area (Å²) in [5.41, 5.74) is 4.72. The molecule has 170 valence electrons. The molecule has 0 saturated heterocycles. The molecule has 1 unspecified atom stereocenters. The molecular formula is C21H22ClN3O7. The average Bonchev–Trinajstić information content (AvgIpc) is 2.80. The Kier molecular flexibility index (Phi) is 8.84. The van der Waals surface area contributed by atoms with Crippen LogP contribution in [0.25, 0.3) is 0 Å². The first kappa shape index (κ1) is 24.5. The van der Waals surface area contributed by atoms with Gasteiger partial charge in [0.15, 0.2) is 18.1 Å². The first-order valence-corrected chi connectivity index (χ1v) is 9.67. The topological polar surface area (TPSA) is 132 Å². The molecule has 32 heavy (non-hydrogen) atoms. The highest BCUT2D eigenvalue weighted by molar-refractivity contribution is 6.33. The lowest BCUT2D eigenvalue weighted by Gasteiger charge is -2.14. The van der Waals surface area contributed by atoms with Crippen molar-refractivity contribution in [2.45, 2.75) is 13.0 Å². The number of nitrogens with one attached hydrogen (secondary N) is 3. The molecule has 0 aliphatic heterocycles. The molecule has 0 spiro atoms. The Bertz CT molecular complexity index is 1010. The summed E-state index contributed by atoms with van der Waals surface area (Å²) >= 11 is 5.94. The van der Waals surface area contributed by atoms with E-state index < -0.39 is 36.3 Å². The Labute approximate surface area is 189 Å². The van der Waals surface area contributed by atoms with E-state index in [1.54, 1.807) is 18.2 Å². The Morgan fingerprint density at radius 1 is 0.938 bits per heavy atom. The molecule has 0 radical (unpaired) electrons. The van der Waals surface area contributed by atoms with Crippen molar-refractivity contribution < 1.29 is 33.4 Å². The van der Waals surface area contributed by atoms with E-state index in [-0.39, 0.29) is 16.1 Å². The molecular weight excluding hydrogens is 442 g/mol. The maximum atomic E-state index is 12.2. The Balaban J connectivity index is 1.79. The van der Waals surface area contributed by atoms with E-state index in [9.17, 15) is 19.2 Å². The molecule has 0 bridgehead atoms. The zero-order valence-corrected chi connectivity index (χ0v) is 18.3. The molecule has 0 fully saturated rings. The molecule has 10 nitrogen and oxygen atoms in total. The number of hydrogen-bond acceptors (Lipinski definition) is 7. The number of hydrazine groups is 1. The smallest absolute Gasteiger partial charge is 0.328 e. The normalized spacial score (nSPS) is 11.0. The molecule has 3 N–H and O–H groups in total. The van der Waals surface area contributed by atoms with E-state index in [4.69, 9.17) is 25.8 Å². The lowest BCUT2D eigenvalue weighted by molar-refractivity contribution is -0.150. The number of rotatable bonds is 8. The predicted molar refractivity (Wildman–Crippen MR) is 114 cm³/mol. The minimum Gasteiger partial charge on any atom is -0.493 e. The fraction of sp³-hybridized carbons (Fsp3) is 0.238. The van der Waals surface area contributed by atoms with Crippen LogP contribution in [0.1, 0.15) is 27.6 Å². The van der Waals surface area contributed by atoms with Gasteiger partial charge in [0.25, 0.3) is 17.7 Å². The third-order valence-electron chi connectivity index (χ3n) is 4.13. The van der Waals surface area contributed by atoms with Gasteiger partial charge in [-0.05, 0) is 37.3 Å². The number of carbonyl (C=O) groups is 4. The molecule has 1 atom stereocenters. The molecule has 3 amide bonds. The van der Waals surface area contributed by atoms with Crippen LogP contribution in [0.2, 0.25) is 5.02 Å². The molecule has 0 heterocycles. The standard InChI is InChI=1S/C21H22ClN3O7/c1-12(23-20(28)14-6-4-5-7-15(14)22)21(29)32-11-18(26)24-25-19(27)13-8-9-16(30-2)17(10-13)31-3/h4-10,12H,11H2,1-3H3,(H,23,28)(H,24,26)(H,25,27). The van der Waals surface area contributed by atoms with Gasteiger partial charge in [-0.3, -0.25) is 25.2 Å². The van der Waals surface area contributed by atoms with Crippen molar-refractivity contribution in [3.05, 3.63) is 58.6 Å². The lowest BCUT2D eigenvalue weighted by atomic mass is 10.2. The number of benzene rings is 2. The van der Waals surface area contributed by atoms with Gasteiger partial charge in [0.2, 0.25) is 0 Å². The maximum absolute atomic E-state index is 12.2. The van der Waals surface area contributed by atoms with E-state index in [1.807, 2.05) is 0 Å². The van der Waals surface area contributed by atoms with Gasteiger partial charge in [-0.25, -0.2) is 4.79 Å². The Morgan fingerprint density at radius 2 is 1.62 bits per heavy atom. The average molecular weight is 464 g/mol. The molecule has 2 aromatic carbocycles. The molecule has 0 aromatic heterocycles. The van der Waals surface area contributed by atoms with E-state index in [0.29, 0.717) is 11.5 Å². The molecule has 0 saturated carbocycles. The van der Waals surface area contributed by atoms with Gasteiger partial charge in [-0.2, -0.15) is 0 Å². The quantitative estimate of drug-likeness (QED) is 0.399. The first-order chi connectivity index (χ1) is 15.3. The summed E-state index contributed by atoms with van der Waals surface area (Å²) in [4.78, 5) is 48.2. The third-order valence-corrected chi connectivity index (χ3v) is 4.46. The number of esters is 1. The van der Waals surface area contributed by atoms with Crippen molar-refractivity contribution in [2.24, 2.45) is 0 Å². The molecule has 11 heteroatoms. The number of hydrogen-bond donors (Lipinski definition) is 3. The van der Waals surface area contributed by atoms with Crippen LogP contribution in [0.5, 0.6) is 11.5 Å². The minimum absolute atomic E-state index is 0.199. The summed E-state index contributed by atoms with van der Waals surface area (Å²) in [6, 6.07) is 9.76. The van der Waals surface area contributed by atoms with E-state index in [1.165, 1.54) is 45.4 Å². The summed E-state index contributed by atoms with van der Waals surface area (Å²) in [5, 5.41) is 2.66. The predicted octanol–water partition coefficient (Wildman–Crippen LogP) is 1.48. The number of carbonyl (C=O) groups excluding carboxylic acids is 4. The largest absolute Gasteiger partial charge is 0.493 e. The second-order valence-electron chi connectivity index (χ2n) is 6.35. The van der Waals surface area contributed by atoms with Gasteiger partial charge >= 0.3 is 5.97 Å². The minimum atomic E-state index is -1.03. The number of halogens is 1. The fourth-order valence-corrected chi connectivity index (χ4v) is 2.67. The van der Waals surface area contributed by atoms with Crippen molar-refractivity contribution in [1.29, 1.82) is 0 Å². The maximum Gasteiger partial charge on any atom is 0.328 e. The van der Waals surface area contributed by atoms with Gasteiger partial charge in [-0.1, -0.05) is 23.7 Å². The Morgan fingerprint density at radius 3 is 2.28 bits per heavy atom. The monoisotopic (exact) mass is 463 g/mol. The van der Waals surface area contributed by atoms with Crippen molar-refractivity contribution in [3.63, 3.8) is 0 Å². The zero-order valence-electron chi connectivity index (χ0n) is 17.6. The van der Waals surface area contributed by atoms with Crippen LogP contribution in [0.15, 0.2) is 42.5 Å². The second-order valence-corrected chi connectivity index (χ2v) is 6.76. The first-order valence-electron chi connectivity index (χ1n) is 9.30. The summed E-state index contributed by atoms with van der Waals surface area (Å²) in [5.74, 6) is -2.02. The van der Waals surface area contributed by atoms with Crippen LogP contribution in [-0.4, -0.2) is 50.6 Å². The third kappa shape index (κ3) is 6.61. The molecule has 0 aliphatic carbocycles. The van der Waals surface area contributed by atoms with Gasteiger partial charge in [0, 0.05) is 5.56 Å². The van der Waals surface area contributed by atoms with E-state index in [0.717, 1.165) is 0 Å². The van der Waals surface area contributed by atoms with Crippen molar-refractivity contribution in [3.8, 4) is 11.5 Å². The van der Waals surface area contributed by atoms with Crippen molar-refractivity contribution in [2.75, 3.05) is 20.8 Å². The molecule has 2 aromatic rings. The lowest BCUT2D eigenvalue weighted by Crippen LogP contribution is -2.45. The highest BCUT2D eigenvalue weighted by atomic mass is 35.5. The van der Waals surface area contributed by atoms with Gasteiger partial charge < -0.3 is 19.5 Å². The fourth-order valence-electron chi connectivity index (χ4n) is 2.45. The number of methoxy groups -OCH3 is 2. The van der Waals surface area contributed by atoms with Gasteiger partial charge in [0.05, 0.1) is 24.8 Å². The SMILES string of the molecule is COc1ccc(C(=O)NNC(=O)COC(=O)C(C)NC(=O)c2ccccc2Cl)cc1OC. The highest BCUT2D eigenvalue weighted by Crippen LogP contribution is 2.27. The highest BCUT2D eigenvalue weighted by Gasteiger charge is 2.20.